The summed E-state index contributed by atoms with van der Waals surface area (Å²) in [5.41, 5.74) is 3.76. The van der Waals surface area contributed by atoms with Gasteiger partial charge >= 0.3 is 0 Å². The third-order valence-electron chi connectivity index (χ3n) is 5.23. The molecule has 0 fully saturated rings. The standard InChI is InChI=1S/C28H33N3O2S2/c1-4-6-18-33-24-16-14-21(15-17-24)29-27(32)26(5-2)35-25-9-7-8-23(19-25)31-28(34)30-22-12-10-20(3)11-13-22/h7-17,19,26H,4-6,18H2,1-3H3,(H,29,32)(H2,30,31,34). The number of amides is 1. The average molecular weight is 508 g/mol. The first-order chi connectivity index (χ1) is 17.0. The molecular formula is C28H33N3O2S2. The van der Waals surface area contributed by atoms with E-state index in [0.29, 0.717) is 18.1 Å². The van der Waals surface area contributed by atoms with Crippen molar-refractivity contribution in [3.05, 3.63) is 78.4 Å². The number of benzene rings is 3. The molecule has 1 unspecified atom stereocenters. The lowest BCUT2D eigenvalue weighted by atomic mass is 10.2. The van der Waals surface area contributed by atoms with Crippen LogP contribution in [0.25, 0.3) is 0 Å². The van der Waals surface area contributed by atoms with Gasteiger partial charge in [0.2, 0.25) is 5.91 Å². The summed E-state index contributed by atoms with van der Waals surface area (Å²) in [6.45, 7) is 6.91. The van der Waals surface area contributed by atoms with E-state index in [4.69, 9.17) is 17.0 Å². The number of ether oxygens (including phenoxy) is 1. The lowest BCUT2D eigenvalue weighted by Crippen LogP contribution is -2.24. The summed E-state index contributed by atoms with van der Waals surface area (Å²) >= 11 is 7.00. The fourth-order valence-corrected chi connectivity index (χ4v) is 4.50. The zero-order chi connectivity index (χ0) is 25.0. The number of carbonyl (C=O) groups excluding carboxylic acids is 1. The molecule has 1 amide bonds. The Morgan fingerprint density at radius 2 is 1.57 bits per heavy atom. The Kier molecular flexibility index (Phi) is 10.4. The van der Waals surface area contributed by atoms with Crippen LogP contribution in [0.5, 0.6) is 5.75 Å². The van der Waals surface area contributed by atoms with Crippen LogP contribution < -0.4 is 20.7 Å². The molecule has 3 N–H and O–H groups in total. The third kappa shape index (κ3) is 8.92. The highest BCUT2D eigenvalue weighted by Crippen LogP contribution is 2.29. The zero-order valence-electron chi connectivity index (χ0n) is 20.5. The topological polar surface area (TPSA) is 62.4 Å². The van der Waals surface area contributed by atoms with E-state index in [2.05, 4.69) is 22.9 Å². The molecule has 5 nitrogen and oxygen atoms in total. The zero-order valence-corrected chi connectivity index (χ0v) is 22.1. The Hall–Kier alpha value is -3.03. The maximum absolute atomic E-state index is 12.9. The van der Waals surface area contributed by atoms with Crippen LogP contribution in [-0.4, -0.2) is 22.9 Å². The summed E-state index contributed by atoms with van der Waals surface area (Å²) in [6.07, 6.45) is 2.83. The van der Waals surface area contributed by atoms with Crippen molar-refractivity contribution >= 4 is 52.1 Å². The number of aryl methyl sites for hydroxylation is 1. The van der Waals surface area contributed by atoms with Gasteiger partial charge in [-0.25, -0.2) is 0 Å². The number of unbranched alkanes of at least 4 members (excludes halogenated alkanes) is 1. The second kappa shape index (κ2) is 13.8. The number of carbonyl (C=O) groups is 1. The first-order valence-corrected chi connectivity index (χ1v) is 13.2. The van der Waals surface area contributed by atoms with Gasteiger partial charge in [-0.05, 0) is 86.6 Å². The van der Waals surface area contributed by atoms with E-state index >= 15 is 0 Å². The molecule has 184 valence electrons. The van der Waals surface area contributed by atoms with Gasteiger partial charge in [0.15, 0.2) is 5.11 Å². The largest absolute Gasteiger partial charge is 0.494 e. The highest BCUT2D eigenvalue weighted by molar-refractivity contribution is 8.00. The molecule has 35 heavy (non-hydrogen) atoms. The molecule has 0 saturated heterocycles. The Balaban J connectivity index is 1.55. The lowest BCUT2D eigenvalue weighted by molar-refractivity contribution is -0.115. The number of thiocarbonyl (C=S) groups is 1. The molecule has 0 aliphatic rings. The Labute approximate surface area is 218 Å². The molecule has 3 aromatic rings. The average Bonchev–Trinajstić information content (AvgIpc) is 2.85. The molecule has 3 aromatic carbocycles. The van der Waals surface area contributed by atoms with Crippen molar-refractivity contribution < 1.29 is 9.53 Å². The monoisotopic (exact) mass is 507 g/mol. The van der Waals surface area contributed by atoms with Crippen molar-refractivity contribution in [1.29, 1.82) is 0 Å². The maximum atomic E-state index is 12.9. The van der Waals surface area contributed by atoms with Gasteiger partial charge in [-0.3, -0.25) is 4.79 Å². The molecule has 3 rings (SSSR count). The van der Waals surface area contributed by atoms with E-state index in [1.807, 2.05) is 86.6 Å². The molecular weight excluding hydrogens is 474 g/mol. The summed E-state index contributed by atoms with van der Waals surface area (Å²) in [6, 6.07) is 23.5. The van der Waals surface area contributed by atoms with Crippen LogP contribution in [0.1, 0.15) is 38.7 Å². The van der Waals surface area contributed by atoms with E-state index in [9.17, 15) is 4.79 Å². The molecule has 0 bridgehead atoms. The first-order valence-electron chi connectivity index (χ1n) is 11.9. The van der Waals surface area contributed by atoms with Gasteiger partial charge in [0.25, 0.3) is 0 Å². The lowest BCUT2D eigenvalue weighted by Gasteiger charge is -2.16. The third-order valence-corrected chi connectivity index (χ3v) is 6.79. The van der Waals surface area contributed by atoms with Crippen molar-refractivity contribution in [2.45, 2.75) is 50.2 Å². The maximum Gasteiger partial charge on any atom is 0.237 e. The molecule has 0 heterocycles. The summed E-state index contributed by atoms with van der Waals surface area (Å²) in [5, 5.41) is 9.74. The van der Waals surface area contributed by atoms with Crippen LogP contribution in [0, 0.1) is 6.92 Å². The van der Waals surface area contributed by atoms with Crippen molar-refractivity contribution in [1.82, 2.24) is 0 Å². The minimum Gasteiger partial charge on any atom is -0.494 e. The fourth-order valence-electron chi connectivity index (χ4n) is 3.26. The second-order valence-corrected chi connectivity index (χ2v) is 9.89. The number of hydrogen-bond acceptors (Lipinski definition) is 4. The number of hydrogen-bond donors (Lipinski definition) is 3. The highest BCUT2D eigenvalue weighted by atomic mass is 32.2. The van der Waals surface area contributed by atoms with E-state index in [0.717, 1.165) is 40.5 Å². The van der Waals surface area contributed by atoms with Gasteiger partial charge in [-0.2, -0.15) is 0 Å². The molecule has 0 radical (unpaired) electrons. The Morgan fingerprint density at radius 3 is 2.26 bits per heavy atom. The van der Waals surface area contributed by atoms with Gasteiger partial charge in [0.1, 0.15) is 5.75 Å². The van der Waals surface area contributed by atoms with Gasteiger partial charge in [0.05, 0.1) is 11.9 Å². The SMILES string of the molecule is CCCCOc1ccc(NC(=O)C(CC)Sc2cccc(NC(=S)Nc3ccc(C)cc3)c2)cc1. The van der Waals surface area contributed by atoms with Gasteiger partial charge in [-0.1, -0.05) is 44.0 Å². The van der Waals surface area contributed by atoms with Crippen molar-refractivity contribution in [3.8, 4) is 5.75 Å². The van der Waals surface area contributed by atoms with Crippen molar-refractivity contribution in [3.63, 3.8) is 0 Å². The van der Waals surface area contributed by atoms with E-state index in [-0.39, 0.29) is 11.2 Å². The molecule has 0 aliphatic heterocycles. The smallest absolute Gasteiger partial charge is 0.237 e. The molecule has 0 spiro atoms. The fraction of sp³-hybridized carbons (Fsp3) is 0.286. The van der Waals surface area contributed by atoms with Crippen molar-refractivity contribution in [2.75, 3.05) is 22.6 Å². The van der Waals surface area contributed by atoms with Crippen LogP contribution in [0.2, 0.25) is 0 Å². The molecule has 7 heteroatoms. The quantitative estimate of drug-likeness (QED) is 0.142. The van der Waals surface area contributed by atoms with Gasteiger partial charge in [-0.15, -0.1) is 11.8 Å². The van der Waals surface area contributed by atoms with Crippen LogP contribution in [0.3, 0.4) is 0 Å². The Morgan fingerprint density at radius 1 is 0.914 bits per heavy atom. The summed E-state index contributed by atoms with van der Waals surface area (Å²) in [4.78, 5) is 13.9. The van der Waals surface area contributed by atoms with Crippen LogP contribution >= 0.6 is 24.0 Å². The molecule has 0 aliphatic carbocycles. The van der Waals surface area contributed by atoms with E-state index < -0.39 is 0 Å². The predicted molar refractivity (Wildman–Crippen MR) is 153 cm³/mol. The van der Waals surface area contributed by atoms with E-state index in [1.165, 1.54) is 17.3 Å². The second-order valence-electron chi connectivity index (χ2n) is 8.20. The van der Waals surface area contributed by atoms with Crippen LogP contribution in [-0.2, 0) is 4.79 Å². The number of thioether (sulfide) groups is 1. The summed E-state index contributed by atoms with van der Waals surface area (Å²) < 4.78 is 5.69. The van der Waals surface area contributed by atoms with Crippen LogP contribution in [0.15, 0.2) is 77.7 Å². The minimum atomic E-state index is -0.219. The minimum absolute atomic E-state index is 0.0212. The number of anilines is 3. The summed E-state index contributed by atoms with van der Waals surface area (Å²) in [5.74, 6) is 0.795. The van der Waals surface area contributed by atoms with Gasteiger partial charge in [0, 0.05) is 22.0 Å². The summed E-state index contributed by atoms with van der Waals surface area (Å²) in [7, 11) is 0. The van der Waals surface area contributed by atoms with Crippen LogP contribution in [0.4, 0.5) is 17.1 Å². The van der Waals surface area contributed by atoms with Gasteiger partial charge < -0.3 is 20.7 Å². The molecule has 1 atom stereocenters. The number of rotatable bonds is 11. The number of nitrogens with one attached hydrogen (secondary N) is 3. The molecule has 0 aromatic heterocycles. The predicted octanol–water partition coefficient (Wildman–Crippen LogP) is 7.49. The Bertz CT molecular complexity index is 1100. The van der Waals surface area contributed by atoms with Crippen molar-refractivity contribution in [2.24, 2.45) is 0 Å². The molecule has 0 saturated carbocycles. The van der Waals surface area contributed by atoms with E-state index in [1.54, 1.807) is 0 Å². The highest BCUT2D eigenvalue weighted by Gasteiger charge is 2.18. The first kappa shape index (κ1) is 26.6. The normalized spacial score (nSPS) is 11.4.